The van der Waals surface area contributed by atoms with Crippen molar-refractivity contribution in [3.63, 3.8) is 0 Å². The molecular formula is C24H21N3O4. The van der Waals surface area contributed by atoms with E-state index in [-0.39, 0.29) is 11.1 Å². The van der Waals surface area contributed by atoms with E-state index in [0.717, 1.165) is 28.4 Å². The molecule has 0 aliphatic carbocycles. The number of carbonyl (C=O) groups excluding carboxylic acids is 1. The molecule has 7 heteroatoms. The van der Waals surface area contributed by atoms with E-state index in [0.29, 0.717) is 5.69 Å². The van der Waals surface area contributed by atoms with Gasteiger partial charge in [-0.05, 0) is 61.9 Å². The van der Waals surface area contributed by atoms with Crippen LogP contribution in [0.15, 0.2) is 60.2 Å². The van der Waals surface area contributed by atoms with Crippen molar-refractivity contribution in [1.82, 2.24) is 4.57 Å². The predicted molar refractivity (Wildman–Crippen MR) is 117 cm³/mol. The molecule has 0 aliphatic rings. The molecule has 0 fully saturated rings. The van der Waals surface area contributed by atoms with E-state index >= 15 is 0 Å². The Morgan fingerprint density at radius 3 is 2.55 bits per heavy atom. The van der Waals surface area contributed by atoms with Crippen molar-refractivity contribution < 1.29 is 19.4 Å². The maximum atomic E-state index is 12.6. The van der Waals surface area contributed by atoms with Gasteiger partial charge in [-0.1, -0.05) is 12.1 Å². The quantitative estimate of drug-likeness (QED) is 0.460. The Labute approximate surface area is 179 Å². The van der Waals surface area contributed by atoms with Crippen LogP contribution in [0.2, 0.25) is 0 Å². The Morgan fingerprint density at radius 2 is 1.87 bits per heavy atom. The number of amides is 1. The minimum atomic E-state index is -1.10. The average molecular weight is 415 g/mol. The molecule has 0 unspecified atom stereocenters. The first-order chi connectivity index (χ1) is 14.8. The minimum absolute atomic E-state index is 0.0436. The van der Waals surface area contributed by atoms with Gasteiger partial charge in [-0.3, -0.25) is 4.79 Å². The van der Waals surface area contributed by atoms with E-state index < -0.39 is 11.9 Å². The number of anilines is 1. The molecule has 156 valence electrons. The van der Waals surface area contributed by atoms with Crippen molar-refractivity contribution in [3.05, 3.63) is 82.7 Å². The Kier molecular flexibility index (Phi) is 6.22. The summed E-state index contributed by atoms with van der Waals surface area (Å²) in [5.41, 5.74) is 3.68. The van der Waals surface area contributed by atoms with Crippen LogP contribution in [0.4, 0.5) is 5.69 Å². The zero-order chi connectivity index (χ0) is 22.5. The van der Waals surface area contributed by atoms with Crippen molar-refractivity contribution in [1.29, 1.82) is 5.26 Å². The Hall–Kier alpha value is -4.31. The van der Waals surface area contributed by atoms with E-state index in [9.17, 15) is 14.9 Å². The van der Waals surface area contributed by atoms with Gasteiger partial charge in [0.05, 0.1) is 12.7 Å². The van der Waals surface area contributed by atoms with Gasteiger partial charge in [0.1, 0.15) is 17.4 Å². The van der Waals surface area contributed by atoms with Crippen molar-refractivity contribution in [2.45, 2.75) is 13.8 Å². The van der Waals surface area contributed by atoms with Crippen LogP contribution < -0.4 is 10.1 Å². The standard InChI is InChI=1S/C24H21N3O4/c1-15-10-18(16(2)27(15)21-8-5-9-22(13-21)31-3)11-19(14-25)23(28)26-20-7-4-6-17(12-20)24(29)30/h4-13H,1-3H3,(H,26,28)(H,29,30)/b19-11+. The summed E-state index contributed by atoms with van der Waals surface area (Å²) in [7, 11) is 1.60. The van der Waals surface area contributed by atoms with Crippen LogP contribution in [0.3, 0.4) is 0 Å². The average Bonchev–Trinajstić information content (AvgIpc) is 3.04. The lowest BCUT2D eigenvalue weighted by atomic mass is 10.1. The SMILES string of the molecule is COc1cccc(-n2c(C)cc(/C=C(\C#N)C(=O)Nc3cccc(C(=O)O)c3)c2C)c1. The van der Waals surface area contributed by atoms with Crippen LogP contribution in [0.1, 0.15) is 27.3 Å². The molecule has 0 radical (unpaired) electrons. The highest BCUT2D eigenvalue weighted by Gasteiger charge is 2.15. The molecule has 0 saturated heterocycles. The van der Waals surface area contributed by atoms with E-state index in [1.807, 2.05) is 54.8 Å². The minimum Gasteiger partial charge on any atom is -0.497 e. The Morgan fingerprint density at radius 1 is 1.13 bits per heavy atom. The summed E-state index contributed by atoms with van der Waals surface area (Å²) in [4.78, 5) is 23.7. The number of aromatic carboxylic acids is 1. The second-order valence-corrected chi connectivity index (χ2v) is 6.87. The number of nitrogens with zero attached hydrogens (tertiary/aromatic N) is 2. The molecule has 0 atom stereocenters. The monoisotopic (exact) mass is 415 g/mol. The molecule has 1 heterocycles. The first kappa shape index (κ1) is 21.4. The number of rotatable bonds is 6. The molecule has 1 aromatic heterocycles. The topological polar surface area (TPSA) is 104 Å². The highest BCUT2D eigenvalue weighted by Crippen LogP contribution is 2.25. The smallest absolute Gasteiger partial charge is 0.335 e. The molecule has 31 heavy (non-hydrogen) atoms. The van der Waals surface area contributed by atoms with Gasteiger partial charge in [-0.25, -0.2) is 4.79 Å². The molecule has 2 aromatic carbocycles. The number of ether oxygens (including phenoxy) is 1. The third kappa shape index (κ3) is 4.65. The number of carboxylic acids is 1. The molecule has 0 saturated carbocycles. The number of hydrogen-bond donors (Lipinski definition) is 2. The lowest BCUT2D eigenvalue weighted by Crippen LogP contribution is -2.14. The van der Waals surface area contributed by atoms with E-state index in [2.05, 4.69) is 5.32 Å². The lowest BCUT2D eigenvalue weighted by molar-refractivity contribution is -0.112. The predicted octanol–water partition coefficient (Wildman–Crippen LogP) is 4.35. The van der Waals surface area contributed by atoms with Crippen LogP contribution in [-0.4, -0.2) is 28.7 Å². The molecule has 3 aromatic rings. The number of nitrogens with one attached hydrogen (secondary N) is 1. The summed E-state index contributed by atoms with van der Waals surface area (Å²) in [5, 5.41) is 21.2. The number of hydrogen-bond acceptors (Lipinski definition) is 4. The molecule has 0 spiro atoms. The largest absolute Gasteiger partial charge is 0.497 e. The normalized spacial score (nSPS) is 11.0. The van der Waals surface area contributed by atoms with Crippen LogP contribution >= 0.6 is 0 Å². The van der Waals surface area contributed by atoms with E-state index in [1.165, 1.54) is 24.3 Å². The summed E-state index contributed by atoms with van der Waals surface area (Å²) in [5.74, 6) is -0.990. The first-order valence-corrected chi connectivity index (χ1v) is 9.44. The Balaban J connectivity index is 1.92. The number of methoxy groups -OCH3 is 1. The first-order valence-electron chi connectivity index (χ1n) is 9.44. The fourth-order valence-electron chi connectivity index (χ4n) is 3.31. The number of carbonyl (C=O) groups is 2. The zero-order valence-corrected chi connectivity index (χ0v) is 17.3. The van der Waals surface area contributed by atoms with E-state index in [1.54, 1.807) is 13.2 Å². The second-order valence-electron chi connectivity index (χ2n) is 6.87. The van der Waals surface area contributed by atoms with Crippen molar-refractivity contribution in [2.24, 2.45) is 0 Å². The van der Waals surface area contributed by atoms with Crippen LogP contribution in [0.25, 0.3) is 11.8 Å². The summed E-state index contributed by atoms with van der Waals surface area (Å²) in [6.07, 6.45) is 1.52. The maximum Gasteiger partial charge on any atom is 0.335 e. The highest BCUT2D eigenvalue weighted by molar-refractivity contribution is 6.10. The van der Waals surface area contributed by atoms with Crippen LogP contribution in [0, 0.1) is 25.2 Å². The number of carboxylic acid groups (broad SMARTS) is 1. The van der Waals surface area contributed by atoms with Crippen molar-refractivity contribution >= 4 is 23.6 Å². The third-order valence-corrected chi connectivity index (χ3v) is 4.81. The fraction of sp³-hybridized carbons (Fsp3) is 0.125. The van der Waals surface area contributed by atoms with Crippen LogP contribution in [-0.2, 0) is 4.79 Å². The summed E-state index contributed by atoms with van der Waals surface area (Å²) in [6.45, 7) is 3.84. The van der Waals surface area contributed by atoms with Crippen LogP contribution in [0.5, 0.6) is 5.75 Å². The van der Waals surface area contributed by atoms with Gasteiger partial charge in [-0.15, -0.1) is 0 Å². The highest BCUT2D eigenvalue weighted by atomic mass is 16.5. The molecular weight excluding hydrogens is 394 g/mol. The summed E-state index contributed by atoms with van der Waals surface area (Å²) >= 11 is 0. The zero-order valence-electron chi connectivity index (χ0n) is 17.3. The molecule has 7 nitrogen and oxygen atoms in total. The number of aryl methyl sites for hydroxylation is 1. The van der Waals surface area contributed by atoms with Gasteiger partial charge in [0.2, 0.25) is 0 Å². The summed E-state index contributed by atoms with van der Waals surface area (Å²) in [6, 6.07) is 17.3. The molecule has 3 rings (SSSR count). The number of nitriles is 1. The van der Waals surface area contributed by atoms with Gasteiger partial charge < -0.3 is 19.7 Å². The van der Waals surface area contributed by atoms with Crippen molar-refractivity contribution in [2.75, 3.05) is 12.4 Å². The molecule has 2 N–H and O–H groups in total. The second kappa shape index (κ2) is 9.01. The molecule has 1 amide bonds. The maximum absolute atomic E-state index is 12.6. The third-order valence-electron chi connectivity index (χ3n) is 4.81. The van der Waals surface area contributed by atoms with E-state index in [4.69, 9.17) is 9.84 Å². The fourth-order valence-corrected chi connectivity index (χ4v) is 3.31. The molecule has 0 aliphatic heterocycles. The Bertz CT molecular complexity index is 1230. The lowest BCUT2D eigenvalue weighted by Gasteiger charge is -2.11. The van der Waals surface area contributed by atoms with Crippen molar-refractivity contribution in [3.8, 4) is 17.5 Å². The number of aromatic nitrogens is 1. The van der Waals surface area contributed by atoms with Gasteiger partial charge >= 0.3 is 5.97 Å². The molecule has 0 bridgehead atoms. The van der Waals surface area contributed by atoms with Gasteiger partial charge in [-0.2, -0.15) is 5.26 Å². The summed E-state index contributed by atoms with van der Waals surface area (Å²) < 4.78 is 7.31. The van der Waals surface area contributed by atoms with Gasteiger partial charge in [0.25, 0.3) is 5.91 Å². The number of benzene rings is 2. The van der Waals surface area contributed by atoms with Gasteiger partial charge in [0, 0.05) is 28.8 Å². The van der Waals surface area contributed by atoms with Gasteiger partial charge in [0.15, 0.2) is 0 Å².